The summed E-state index contributed by atoms with van der Waals surface area (Å²) in [6.45, 7) is 16.2. The van der Waals surface area contributed by atoms with E-state index >= 15 is 0 Å². The zero-order valence-corrected chi connectivity index (χ0v) is 20.1. The van der Waals surface area contributed by atoms with Crippen LogP contribution < -0.4 is 10.6 Å². The number of nitrogens with one attached hydrogen (secondary N) is 2. The molecule has 0 saturated carbocycles. The molecule has 3 atom stereocenters. The molecule has 0 bridgehead atoms. The van der Waals surface area contributed by atoms with Crippen LogP contribution in [0, 0.1) is 5.92 Å². The van der Waals surface area contributed by atoms with Crippen LogP contribution in [-0.4, -0.2) is 67.6 Å². The summed E-state index contributed by atoms with van der Waals surface area (Å²) < 4.78 is 5.69. The van der Waals surface area contributed by atoms with Gasteiger partial charge in [0.1, 0.15) is 5.76 Å². The number of likely N-dealkylation sites (tertiary alicyclic amines) is 1. The van der Waals surface area contributed by atoms with Gasteiger partial charge in [0.25, 0.3) is 0 Å². The van der Waals surface area contributed by atoms with Gasteiger partial charge in [-0.05, 0) is 45.0 Å². The van der Waals surface area contributed by atoms with Crippen molar-refractivity contribution < 1.29 is 4.42 Å². The minimum Gasteiger partial charge on any atom is -0.468 e. The Morgan fingerprint density at radius 3 is 2.52 bits per heavy atom. The summed E-state index contributed by atoms with van der Waals surface area (Å²) in [6, 6.07) is 5.23. The fourth-order valence-electron chi connectivity index (χ4n) is 3.73. The van der Waals surface area contributed by atoms with Crippen molar-refractivity contribution in [1.29, 1.82) is 0 Å². The van der Waals surface area contributed by atoms with Gasteiger partial charge in [0.05, 0.1) is 12.3 Å². The summed E-state index contributed by atoms with van der Waals surface area (Å²) in [4.78, 5) is 9.37. The summed E-state index contributed by atoms with van der Waals surface area (Å²) in [5, 5.41) is 7.14. The van der Waals surface area contributed by atoms with Gasteiger partial charge in [0.15, 0.2) is 5.96 Å². The highest BCUT2D eigenvalue weighted by atomic mass is 127. The Morgan fingerprint density at radius 2 is 2.04 bits per heavy atom. The number of guanidine groups is 1. The summed E-state index contributed by atoms with van der Waals surface area (Å²) in [5.41, 5.74) is 0. The summed E-state index contributed by atoms with van der Waals surface area (Å²) in [5.74, 6) is 2.48. The lowest BCUT2D eigenvalue weighted by Crippen LogP contribution is -2.49. The average molecular weight is 491 g/mol. The molecule has 2 rings (SSSR count). The van der Waals surface area contributed by atoms with E-state index in [-0.39, 0.29) is 30.0 Å². The predicted octanol–water partition coefficient (Wildman–Crippen LogP) is 3.17. The highest BCUT2D eigenvalue weighted by molar-refractivity contribution is 14.0. The van der Waals surface area contributed by atoms with Crippen LogP contribution in [0.2, 0.25) is 0 Å². The molecule has 0 spiro atoms. The first kappa shape index (κ1) is 24.2. The number of nitrogens with zero attached hydrogens (tertiary/aromatic N) is 3. The van der Waals surface area contributed by atoms with E-state index in [0.29, 0.717) is 18.0 Å². The van der Waals surface area contributed by atoms with Crippen molar-refractivity contribution in [1.82, 2.24) is 20.4 Å². The molecular weight excluding hydrogens is 453 g/mol. The van der Waals surface area contributed by atoms with Crippen molar-refractivity contribution in [3.8, 4) is 0 Å². The van der Waals surface area contributed by atoms with Gasteiger partial charge >= 0.3 is 0 Å². The van der Waals surface area contributed by atoms with Gasteiger partial charge in [-0.2, -0.15) is 0 Å². The second kappa shape index (κ2) is 11.9. The Bertz CT molecular complexity index is 545. The highest BCUT2D eigenvalue weighted by Gasteiger charge is 2.31. The van der Waals surface area contributed by atoms with E-state index in [4.69, 9.17) is 4.42 Å². The van der Waals surface area contributed by atoms with Crippen molar-refractivity contribution in [3.63, 3.8) is 0 Å². The molecule has 0 amide bonds. The van der Waals surface area contributed by atoms with Crippen molar-refractivity contribution >= 4 is 29.9 Å². The monoisotopic (exact) mass is 491 g/mol. The van der Waals surface area contributed by atoms with E-state index in [9.17, 15) is 0 Å². The maximum atomic E-state index is 5.69. The minimum absolute atomic E-state index is 0. The summed E-state index contributed by atoms with van der Waals surface area (Å²) in [7, 11) is 1.84. The molecule has 2 heterocycles. The van der Waals surface area contributed by atoms with Gasteiger partial charge in [-0.3, -0.25) is 14.8 Å². The lowest BCUT2D eigenvalue weighted by atomic mass is 10.1. The van der Waals surface area contributed by atoms with Crippen LogP contribution in [0.5, 0.6) is 0 Å². The second-order valence-corrected chi connectivity index (χ2v) is 7.48. The zero-order chi connectivity index (χ0) is 19.1. The number of hydrogen-bond acceptors (Lipinski definition) is 4. The van der Waals surface area contributed by atoms with Gasteiger partial charge in [-0.25, -0.2) is 0 Å². The molecule has 1 aromatic heterocycles. The molecule has 1 aliphatic heterocycles. The van der Waals surface area contributed by atoms with Crippen LogP contribution in [0.4, 0.5) is 0 Å². The van der Waals surface area contributed by atoms with Gasteiger partial charge in [0, 0.05) is 38.8 Å². The normalized spacial score (nSPS) is 22.1. The lowest BCUT2D eigenvalue weighted by Gasteiger charge is -2.29. The number of furan rings is 1. The number of rotatable bonds is 8. The Hall–Kier alpha value is -0.800. The molecule has 2 N–H and O–H groups in total. The van der Waals surface area contributed by atoms with Gasteiger partial charge in [-0.1, -0.05) is 20.8 Å². The van der Waals surface area contributed by atoms with Gasteiger partial charge in [0.2, 0.25) is 0 Å². The largest absolute Gasteiger partial charge is 0.468 e. The zero-order valence-electron chi connectivity index (χ0n) is 17.7. The SMILES string of the molecule is CCN(CC)C(CNC(=NC)NC1CN(C(C)C)CC1C)c1ccco1.I. The van der Waals surface area contributed by atoms with Crippen LogP contribution in [0.3, 0.4) is 0 Å². The van der Waals surface area contributed by atoms with E-state index in [1.807, 2.05) is 13.1 Å². The molecule has 0 radical (unpaired) electrons. The van der Waals surface area contributed by atoms with E-state index in [0.717, 1.165) is 44.4 Å². The highest BCUT2D eigenvalue weighted by Crippen LogP contribution is 2.21. The molecule has 0 aliphatic carbocycles. The number of aliphatic imine (C=N–C) groups is 1. The van der Waals surface area contributed by atoms with Crippen LogP contribution in [0.1, 0.15) is 46.4 Å². The van der Waals surface area contributed by atoms with Crippen LogP contribution in [0.15, 0.2) is 27.8 Å². The molecule has 1 aromatic rings. The molecular formula is C20H38IN5O. The smallest absolute Gasteiger partial charge is 0.191 e. The number of hydrogen-bond donors (Lipinski definition) is 2. The maximum Gasteiger partial charge on any atom is 0.191 e. The van der Waals surface area contributed by atoms with E-state index in [1.54, 1.807) is 6.26 Å². The average Bonchev–Trinajstić information content (AvgIpc) is 3.27. The molecule has 1 saturated heterocycles. The van der Waals surface area contributed by atoms with Crippen molar-refractivity contribution in [2.24, 2.45) is 10.9 Å². The van der Waals surface area contributed by atoms with Crippen LogP contribution in [0.25, 0.3) is 0 Å². The standard InChI is InChI=1S/C20H37N5O.HI/c1-7-24(8-2)18(19-10-9-11-26-19)12-22-20(21-6)23-17-14-25(15(3)4)13-16(17)5;/h9-11,15-18H,7-8,12-14H2,1-6H3,(H2,21,22,23);1H. The van der Waals surface area contributed by atoms with E-state index in [2.05, 4.69) is 66.1 Å². The quantitative estimate of drug-likeness (QED) is 0.333. The Balaban J connectivity index is 0.00000364. The third-order valence-electron chi connectivity index (χ3n) is 5.50. The molecule has 6 nitrogen and oxygen atoms in total. The van der Waals surface area contributed by atoms with Gasteiger partial charge < -0.3 is 15.1 Å². The first-order valence-electron chi connectivity index (χ1n) is 9.98. The molecule has 3 unspecified atom stereocenters. The van der Waals surface area contributed by atoms with E-state index < -0.39 is 0 Å². The second-order valence-electron chi connectivity index (χ2n) is 7.48. The van der Waals surface area contributed by atoms with Crippen LogP contribution in [-0.2, 0) is 0 Å². The molecule has 1 fully saturated rings. The molecule has 1 aliphatic rings. The third-order valence-corrected chi connectivity index (χ3v) is 5.50. The fourth-order valence-corrected chi connectivity index (χ4v) is 3.73. The Morgan fingerprint density at radius 1 is 1.33 bits per heavy atom. The maximum absolute atomic E-state index is 5.69. The van der Waals surface area contributed by atoms with E-state index in [1.165, 1.54) is 0 Å². The predicted molar refractivity (Wildman–Crippen MR) is 124 cm³/mol. The number of halogens is 1. The Labute approximate surface area is 182 Å². The van der Waals surface area contributed by atoms with Gasteiger partial charge in [-0.15, -0.1) is 24.0 Å². The molecule has 156 valence electrons. The minimum atomic E-state index is 0. The fraction of sp³-hybridized carbons (Fsp3) is 0.750. The number of likely N-dealkylation sites (N-methyl/N-ethyl adjacent to an activating group) is 1. The topological polar surface area (TPSA) is 56.0 Å². The van der Waals surface area contributed by atoms with Crippen molar-refractivity contribution in [2.45, 2.75) is 52.7 Å². The summed E-state index contributed by atoms with van der Waals surface area (Å²) in [6.07, 6.45) is 1.75. The van der Waals surface area contributed by atoms with Crippen LogP contribution >= 0.6 is 24.0 Å². The molecule has 7 heteroatoms. The lowest BCUT2D eigenvalue weighted by molar-refractivity contribution is 0.193. The first-order chi connectivity index (χ1) is 12.5. The molecule has 27 heavy (non-hydrogen) atoms. The molecule has 0 aromatic carbocycles. The van der Waals surface area contributed by atoms with Crippen molar-refractivity contribution in [3.05, 3.63) is 24.2 Å². The van der Waals surface area contributed by atoms with Crippen molar-refractivity contribution in [2.75, 3.05) is 39.8 Å². The third kappa shape index (κ3) is 6.64. The first-order valence-corrected chi connectivity index (χ1v) is 9.98. The summed E-state index contributed by atoms with van der Waals surface area (Å²) >= 11 is 0. The Kier molecular flexibility index (Phi) is 10.7.